The van der Waals surface area contributed by atoms with Crippen molar-refractivity contribution in [3.8, 4) is 0 Å². The van der Waals surface area contributed by atoms with E-state index in [1.54, 1.807) is 17.3 Å². The van der Waals surface area contributed by atoms with Crippen molar-refractivity contribution in [1.82, 2.24) is 5.32 Å². The molecule has 0 rings (SSSR count). The fourth-order valence-corrected chi connectivity index (χ4v) is 10.8. The van der Waals surface area contributed by atoms with Gasteiger partial charge < -0.3 is 19.9 Å². The molecule has 0 aliphatic heterocycles. The molecule has 0 aromatic carbocycles. The van der Waals surface area contributed by atoms with E-state index < -0.39 is 11.2 Å². The molecule has 218 valence electrons. The maximum absolute atomic E-state index is 11.9. The number of hydrogen-bond donors (Lipinski definition) is 2. The van der Waals surface area contributed by atoms with Crippen LogP contribution in [0.25, 0.3) is 0 Å². The fourth-order valence-electron chi connectivity index (χ4n) is 1.80. The Bertz CT molecular complexity index is 558. The van der Waals surface area contributed by atoms with Crippen molar-refractivity contribution in [1.29, 1.82) is 0 Å². The van der Waals surface area contributed by atoms with Gasteiger partial charge in [-0.15, -0.1) is 58.8 Å². The van der Waals surface area contributed by atoms with Gasteiger partial charge in [0.15, 0.2) is 0 Å². The zero-order chi connectivity index (χ0) is 27.1. The molecule has 0 bridgehead atoms. The van der Waals surface area contributed by atoms with Crippen LogP contribution in [-0.4, -0.2) is 127 Å². The molecular formula is C20H39N3O5S9. The summed E-state index contributed by atoms with van der Waals surface area (Å²) in [6, 6.07) is 0. The van der Waals surface area contributed by atoms with E-state index in [4.69, 9.17) is 5.11 Å². The molecule has 0 saturated heterocycles. The zero-order valence-electron chi connectivity index (χ0n) is 21.1. The molecule has 0 aliphatic carbocycles. The Morgan fingerprint density at radius 2 is 1.59 bits per heavy atom. The van der Waals surface area contributed by atoms with Crippen LogP contribution in [0.2, 0.25) is 0 Å². The van der Waals surface area contributed by atoms with Crippen LogP contribution in [0.1, 0.15) is 0 Å². The van der Waals surface area contributed by atoms with Gasteiger partial charge >= 0.3 is 0 Å². The molecule has 0 aromatic heterocycles. The number of carbonyl (C=O) groups excluding carboxylic acids is 1. The summed E-state index contributed by atoms with van der Waals surface area (Å²) >= 11 is 13.2. The summed E-state index contributed by atoms with van der Waals surface area (Å²) in [5, 5.41) is 15.6. The van der Waals surface area contributed by atoms with Gasteiger partial charge in [-0.1, -0.05) is 11.8 Å². The fraction of sp³-hybridized carbons (Fsp3) is 0.850. The molecule has 1 unspecified atom stereocenters. The van der Waals surface area contributed by atoms with Crippen molar-refractivity contribution < 1.29 is 24.2 Å². The Kier molecular flexibility index (Phi) is 35.3. The number of aliphatic hydroxyl groups excluding tert-OH is 1. The minimum absolute atomic E-state index is 0.0592. The minimum Gasteiger partial charge on any atom is -0.611 e. The molecule has 0 aromatic rings. The molecule has 8 nitrogen and oxygen atoms in total. The first-order chi connectivity index (χ1) is 18.2. The standard InChI is InChI=1S/C20H39N3O5S9/c1-29-7-2-22-15-37(26)13-12-33-19-35-18-32-10-11-36-20(25)23-4-9-31-17-34-16-30-8-3-21-14-28-27-6-5-24/h14-15,24H,2-13,16-19H2,1H3,(H,23,25)/b21-14+,22-15+. The highest BCUT2D eigenvalue weighted by atomic mass is 32.2. The predicted octanol–water partition coefficient (Wildman–Crippen LogP) is 4.77. The number of thioether (sulfide) groups is 8. The third-order valence-electron chi connectivity index (χ3n) is 3.41. The van der Waals surface area contributed by atoms with E-state index in [0.717, 1.165) is 61.4 Å². The molecule has 2 N–H and O–H groups in total. The van der Waals surface area contributed by atoms with Crippen molar-refractivity contribution in [2.75, 3.05) is 99.7 Å². The van der Waals surface area contributed by atoms with Crippen molar-refractivity contribution in [2.24, 2.45) is 9.98 Å². The molecule has 17 heteroatoms. The van der Waals surface area contributed by atoms with E-state index in [9.17, 15) is 9.35 Å². The summed E-state index contributed by atoms with van der Waals surface area (Å²) < 4.78 is 11.7. The largest absolute Gasteiger partial charge is 0.611 e. The first-order valence-corrected chi connectivity index (χ1v) is 22.0. The number of rotatable bonds is 28. The number of nitrogens with one attached hydrogen (secondary N) is 1. The first-order valence-electron chi connectivity index (χ1n) is 11.3. The molecule has 1 atom stereocenters. The molecule has 1 amide bonds. The lowest BCUT2D eigenvalue weighted by molar-refractivity contribution is -0.221. The van der Waals surface area contributed by atoms with Crippen LogP contribution < -0.4 is 5.32 Å². The summed E-state index contributed by atoms with van der Waals surface area (Å²) in [5.74, 6) is 6.15. The lowest BCUT2D eigenvalue weighted by Gasteiger charge is -2.06. The van der Waals surface area contributed by atoms with Gasteiger partial charge in [0.2, 0.25) is 11.9 Å². The lowest BCUT2D eigenvalue weighted by atomic mass is 10.8. The Morgan fingerprint density at radius 1 is 0.919 bits per heavy atom. The van der Waals surface area contributed by atoms with E-state index >= 15 is 0 Å². The van der Waals surface area contributed by atoms with Crippen LogP contribution in [0, 0.1) is 0 Å². The number of aliphatic imine (C=N–C) groups is 2. The Balaban J connectivity index is 3.26. The zero-order valence-corrected chi connectivity index (χ0v) is 28.5. The summed E-state index contributed by atoms with van der Waals surface area (Å²) in [6.45, 7) is 2.17. The Labute approximate surface area is 259 Å². The number of carbonyl (C=O) groups is 1. The van der Waals surface area contributed by atoms with Crippen LogP contribution in [0.15, 0.2) is 9.98 Å². The quantitative estimate of drug-likeness (QED) is 0.0224. The van der Waals surface area contributed by atoms with Crippen molar-refractivity contribution >= 4 is 122 Å². The van der Waals surface area contributed by atoms with Gasteiger partial charge in [0.1, 0.15) is 12.4 Å². The maximum atomic E-state index is 11.9. The summed E-state index contributed by atoms with van der Waals surface area (Å²) in [5.41, 5.74) is 1.59. The van der Waals surface area contributed by atoms with Gasteiger partial charge in [0, 0.05) is 61.4 Å². The normalized spacial score (nSPS) is 12.5. The van der Waals surface area contributed by atoms with Crippen LogP contribution in [0.3, 0.4) is 0 Å². The summed E-state index contributed by atoms with van der Waals surface area (Å²) in [4.78, 5) is 29.3. The Morgan fingerprint density at radius 3 is 2.32 bits per heavy atom. The van der Waals surface area contributed by atoms with E-state index in [1.807, 2.05) is 76.8 Å². The monoisotopic (exact) mass is 689 g/mol. The summed E-state index contributed by atoms with van der Waals surface area (Å²) in [7, 11) is 0. The van der Waals surface area contributed by atoms with Crippen molar-refractivity contribution in [3.63, 3.8) is 0 Å². The molecule has 37 heavy (non-hydrogen) atoms. The third-order valence-corrected chi connectivity index (χ3v) is 13.6. The topological polar surface area (TPSA) is 116 Å². The highest BCUT2D eigenvalue weighted by molar-refractivity contribution is 8.23. The molecule has 0 fully saturated rings. The number of amides is 1. The summed E-state index contributed by atoms with van der Waals surface area (Å²) in [6.07, 6.45) is 3.30. The van der Waals surface area contributed by atoms with Gasteiger partial charge in [-0.05, 0) is 17.4 Å². The average molecular weight is 690 g/mol. The van der Waals surface area contributed by atoms with Gasteiger partial charge in [0.25, 0.3) is 5.24 Å². The van der Waals surface area contributed by atoms with E-state index in [2.05, 4.69) is 25.1 Å². The van der Waals surface area contributed by atoms with Crippen molar-refractivity contribution in [3.05, 3.63) is 0 Å². The van der Waals surface area contributed by atoms with E-state index in [0.29, 0.717) is 18.8 Å². The van der Waals surface area contributed by atoms with Gasteiger partial charge in [-0.25, -0.2) is 4.99 Å². The van der Waals surface area contributed by atoms with E-state index in [-0.39, 0.29) is 18.5 Å². The SMILES string of the molecule is CSCC/N=C/[S+]([O-])CCSCSCSCCSC(=O)NCCSCSCSCC/N=C/OOCCO. The van der Waals surface area contributed by atoms with Crippen LogP contribution in [0.5, 0.6) is 0 Å². The second-order valence-electron chi connectivity index (χ2n) is 6.32. The van der Waals surface area contributed by atoms with Crippen LogP contribution in [-0.2, 0) is 21.0 Å². The molecular weight excluding hydrogens is 651 g/mol. The van der Waals surface area contributed by atoms with Gasteiger partial charge in [0.05, 0.1) is 19.7 Å². The number of hydrogen-bond acceptors (Lipinski definition) is 15. The van der Waals surface area contributed by atoms with Crippen LogP contribution >= 0.6 is 94.1 Å². The lowest BCUT2D eigenvalue weighted by Crippen LogP contribution is -2.22. The predicted molar refractivity (Wildman–Crippen MR) is 183 cm³/mol. The van der Waals surface area contributed by atoms with Crippen LogP contribution in [0.4, 0.5) is 4.79 Å². The number of aliphatic hydroxyl groups is 1. The number of nitrogens with zero attached hydrogens (tertiary/aromatic N) is 2. The smallest absolute Gasteiger partial charge is 0.279 e. The van der Waals surface area contributed by atoms with E-state index in [1.165, 1.54) is 18.2 Å². The second kappa shape index (κ2) is 33.8. The van der Waals surface area contributed by atoms with Gasteiger partial charge in [-0.2, -0.15) is 28.4 Å². The molecule has 0 saturated carbocycles. The highest BCUT2D eigenvalue weighted by Gasteiger charge is 2.03. The highest BCUT2D eigenvalue weighted by Crippen LogP contribution is 2.19. The average Bonchev–Trinajstić information content (AvgIpc) is 2.90. The molecule has 0 spiro atoms. The minimum atomic E-state index is -0.943. The first kappa shape index (κ1) is 38.6. The molecule has 0 radical (unpaired) electrons. The second-order valence-corrected chi connectivity index (χ2v) is 17.6. The van der Waals surface area contributed by atoms with Gasteiger partial charge in [-0.3, -0.25) is 9.79 Å². The Hall–Kier alpha value is 1.64. The maximum Gasteiger partial charge on any atom is 0.279 e. The molecule has 0 heterocycles. The molecule has 0 aliphatic rings. The third kappa shape index (κ3) is 33.7. The van der Waals surface area contributed by atoms with Crippen molar-refractivity contribution in [2.45, 2.75) is 0 Å².